The second kappa shape index (κ2) is 3.98. The van der Waals surface area contributed by atoms with Crippen molar-refractivity contribution in [3.8, 4) is 5.75 Å². The molecule has 0 aliphatic heterocycles. The van der Waals surface area contributed by atoms with Crippen molar-refractivity contribution >= 4 is 28.9 Å². The molecular weight excluding hydrogens is 232 g/mol. The van der Waals surface area contributed by atoms with E-state index in [1.165, 1.54) is 7.11 Å². The molecular formula is C11H7ClO4. The lowest BCUT2D eigenvalue weighted by atomic mass is 10.2. The molecule has 2 rings (SSSR count). The Morgan fingerprint density at radius 2 is 2.19 bits per heavy atom. The summed E-state index contributed by atoms with van der Waals surface area (Å²) >= 11 is 5.93. The maximum absolute atomic E-state index is 11.3. The number of aldehydes is 1. The van der Waals surface area contributed by atoms with Gasteiger partial charge in [-0.05, 0) is 18.2 Å². The van der Waals surface area contributed by atoms with Gasteiger partial charge >= 0.3 is 5.63 Å². The normalized spacial score (nSPS) is 10.4. The summed E-state index contributed by atoms with van der Waals surface area (Å²) in [6.45, 7) is 0. The van der Waals surface area contributed by atoms with Gasteiger partial charge in [-0.25, -0.2) is 4.79 Å². The van der Waals surface area contributed by atoms with Crippen LogP contribution in [0.15, 0.2) is 27.4 Å². The van der Waals surface area contributed by atoms with E-state index in [2.05, 4.69) is 0 Å². The van der Waals surface area contributed by atoms with Crippen LogP contribution >= 0.6 is 11.6 Å². The molecule has 4 nitrogen and oxygen atoms in total. The Labute approximate surface area is 95.4 Å². The summed E-state index contributed by atoms with van der Waals surface area (Å²) in [5, 5.41) is 0.558. The molecule has 1 aromatic carbocycles. The van der Waals surface area contributed by atoms with Gasteiger partial charge in [-0.3, -0.25) is 4.79 Å². The fraction of sp³-hybridized carbons (Fsp3) is 0.0909. The number of hydrogen-bond donors (Lipinski definition) is 0. The molecule has 0 aliphatic rings. The van der Waals surface area contributed by atoms with Crippen LogP contribution in [0, 0.1) is 0 Å². The summed E-state index contributed by atoms with van der Waals surface area (Å²) in [6, 6.07) is 4.81. The zero-order chi connectivity index (χ0) is 11.7. The smallest absolute Gasteiger partial charge is 0.348 e. The minimum atomic E-state index is -0.738. The Morgan fingerprint density at radius 1 is 1.44 bits per heavy atom. The van der Waals surface area contributed by atoms with E-state index in [1.54, 1.807) is 18.2 Å². The van der Waals surface area contributed by atoms with E-state index in [0.29, 0.717) is 23.0 Å². The van der Waals surface area contributed by atoms with Crippen LogP contribution < -0.4 is 10.4 Å². The van der Waals surface area contributed by atoms with Crippen molar-refractivity contribution in [1.29, 1.82) is 0 Å². The van der Waals surface area contributed by atoms with Gasteiger partial charge in [-0.15, -0.1) is 0 Å². The summed E-state index contributed by atoms with van der Waals surface area (Å²) < 4.78 is 9.95. The summed E-state index contributed by atoms with van der Waals surface area (Å²) in [7, 11) is 1.51. The predicted molar refractivity (Wildman–Crippen MR) is 59.4 cm³/mol. The Hall–Kier alpha value is -1.81. The molecule has 0 fully saturated rings. The summed E-state index contributed by atoms with van der Waals surface area (Å²) in [5.41, 5.74) is -0.596. The highest BCUT2D eigenvalue weighted by atomic mass is 35.5. The largest absolute Gasteiger partial charge is 0.497 e. The summed E-state index contributed by atoms with van der Waals surface area (Å²) in [4.78, 5) is 22.0. The quantitative estimate of drug-likeness (QED) is 0.595. The van der Waals surface area contributed by atoms with Crippen LogP contribution in [0.25, 0.3) is 11.0 Å². The Kier molecular flexibility index (Phi) is 2.66. The van der Waals surface area contributed by atoms with Gasteiger partial charge in [-0.2, -0.15) is 0 Å². The molecule has 1 aromatic heterocycles. The topological polar surface area (TPSA) is 56.5 Å². The molecule has 0 saturated heterocycles. The number of carbonyl (C=O) groups is 1. The molecule has 0 spiro atoms. The third-order valence-electron chi connectivity index (χ3n) is 2.20. The highest BCUT2D eigenvalue weighted by molar-refractivity contribution is 6.37. The van der Waals surface area contributed by atoms with E-state index in [0.717, 1.165) is 0 Å². The molecule has 0 saturated carbocycles. The van der Waals surface area contributed by atoms with Gasteiger partial charge in [0.15, 0.2) is 6.29 Å². The number of methoxy groups -OCH3 is 1. The number of halogens is 1. The molecule has 0 radical (unpaired) electrons. The first kappa shape index (κ1) is 10.7. The van der Waals surface area contributed by atoms with Gasteiger partial charge in [0.25, 0.3) is 0 Å². The molecule has 0 amide bonds. The lowest BCUT2D eigenvalue weighted by Gasteiger charge is -2.03. The average Bonchev–Trinajstić information content (AvgIpc) is 2.29. The van der Waals surface area contributed by atoms with Crippen LogP contribution in [-0.2, 0) is 0 Å². The zero-order valence-electron chi connectivity index (χ0n) is 8.32. The molecule has 0 N–H and O–H groups in total. The van der Waals surface area contributed by atoms with Crippen LogP contribution in [0.2, 0.25) is 5.02 Å². The van der Waals surface area contributed by atoms with E-state index in [4.69, 9.17) is 20.8 Å². The lowest BCUT2D eigenvalue weighted by molar-refractivity contribution is 0.112. The molecule has 5 heteroatoms. The van der Waals surface area contributed by atoms with Crippen molar-refractivity contribution in [1.82, 2.24) is 0 Å². The van der Waals surface area contributed by atoms with Crippen LogP contribution in [0.1, 0.15) is 10.4 Å². The molecule has 0 bridgehead atoms. The Morgan fingerprint density at radius 3 is 2.81 bits per heavy atom. The van der Waals surface area contributed by atoms with Crippen molar-refractivity contribution in [2.75, 3.05) is 7.11 Å². The molecule has 0 atom stereocenters. The molecule has 1 heterocycles. The first-order valence-corrected chi connectivity index (χ1v) is 4.80. The predicted octanol–water partition coefficient (Wildman–Crippen LogP) is 2.27. The monoisotopic (exact) mass is 238 g/mol. The van der Waals surface area contributed by atoms with Crippen LogP contribution in [-0.4, -0.2) is 13.4 Å². The fourth-order valence-corrected chi connectivity index (χ4v) is 1.66. The van der Waals surface area contributed by atoms with E-state index < -0.39 is 5.63 Å². The Bertz CT molecular complexity index is 615. The van der Waals surface area contributed by atoms with Gasteiger partial charge in [0.1, 0.15) is 16.9 Å². The standard InChI is InChI=1S/C11H7ClO4/c1-15-6-2-3-9-7(4-6)10(12)8(5-13)11(14)16-9/h2-5H,1H3. The summed E-state index contributed by atoms with van der Waals surface area (Å²) in [5.74, 6) is 0.570. The van der Waals surface area contributed by atoms with Crippen LogP contribution in [0.3, 0.4) is 0 Å². The first-order valence-electron chi connectivity index (χ1n) is 4.43. The van der Waals surface area contributed by atoms with E-state index in [9.17, 15) is 9.59 Å². The van der Waals surface area contributed by atoms with Crippen molar-refractivity contribution in [2.24, 2.45) is 0 Å². The molecule has 2 aromatic rings. The van der Waals surface area contributed by atoms with Crippen LogP contribution in [0.4, 0.5) is 0 Å². The molecule has 0 unspecified atom stereocenters. The molecule has 16 heavy (non-hydrogen) atoms. The number of carbonyl (C=O) groups excluding carboxylic acids is 1. The zero-order valence-corrected chi connectivity index (χ0v) is 9.08. The number of rotatable bonds is 2. The van der Waals surface area contributed by atoms with Crippen molar-refractivity contribution < 1.29 is 13.9 Å². The van der Waals surface area contributed by atoms with Gasteiger partial charge in [0.2, 0.25) is 0 Å². The van der Waals surface area contributed by atoms with Crippen molar-refractivity contribution in [3.63, 3.8) is 0 Å². The van der Waals surface area contributed by atoms with E-state index in [1.807, 2.05) is 0 Å². The molecule has 82 valence electrons. The average molecular weight is 239 g/mol. The van der Waals surface area contributed by atoms with Gasteiger partial charge < -0.3 is 9.15 Å². The highest BCUT2D eigenvalue weighted by Gasteiger charge is 2.12. The second-order valence-electron chi connectivity index (χ2n) is 3.10. The summed E-state index contributed by atoms with van der Waals surface area (Å²) in [6.07, 6.45) is 0.382. The second-order valence-corrected chi connectivity index (χ2v) is 3.48. The number of ether oxygens (including phenoxy) is 1. The number of benzene rings is 1. The number of fused-ring (bicyclic) bond motifs is 1. The van der Waals surface area contributed by atoms with E-state index >= 15 is 0 Å². The van der Waals surface area contributed by atoms with E-state index in [-0.39, 0.29) is 10.6 Å². The third kappa shape index (κ3) is 1.57. The Balaban J connectivity index is 2.89. The maximum Gasteiger partial charge on any atom is 0.348 e. The van der Waals surface area contributed by atoms with Crippen molar-refractivity contribution in [3.05, 3.63) is 39.2 Å². The third-order valence-corrected chi connectivity index (χ3v) is 2.61. The van der Waals surface area contributed by atoms with Gasteiger partial charge in [0, 0.05) is 5.39 Å². The van der Waals surface area contributed by atoms with Gasteiger partial charge in [-0.1, -0.05) is 11.6 Å². The highest BCUT2D eigenvalue weighted by Crippen LogP contribution is 2.27. The first-order chi connectivity index (χ1) is 7.67. The van der Waals surface area contributed by atoms with Gasteiger partial charge in [0.05, 0.1) is 12.1 Å². The minimum Gasteiger partial charge on any atom is -0.497 e. The SMILES string of the molecule is COc1ccc2oc(=O)c(C=O)c(Cl)c2c1. The maximum atomic E-state index is 11.3. The van der Waals surface area contributed by atoms with Crippen molar-refractivity contribution in [2.45, 2.75) is 0 Å². The van der Waals surface area contributed by atoms with Crippen LogP contribution in [0.5, 0.6) is 5.75 Å². The number of hydrogen-bond acceptors (Lipinski definition) is 4. The minimum absolute atomic E-state index is 0.0835. The lowest BCUT2D eigenvalue weighted by Crippen LogP contribution is -2.07. The fourth-order valence-electron chi connectivity index (χ4n) is 1.39. The molecule has 0 aliphatic carbocycles.